The highest BCUT2D eigenvalue weighted by molar-refractivity contribution is 5.74. The molecule has 1 aromatic heterocycles. The van der Waals surface area contributed by atoms with Crippen molar-refractivity contribution in [3.05, 3.63) is 24.5 Å². The van der Waals surface area contributed by atoms with Gasteiger partial charge in [0, 0.05) is 12.1 Å². The second-order valence-electron chi connectivity index (χ2n) is 3.99. The Kier molecular flexibility index (Phi) is 4.76. The quantitative estimate of drug-likeness (QED) is 0.731. The van der Waals surface area contributed by atoms with Gasteiger partial charge in [0.2, 0.25) is 12.7 Å². The van der Waals surface area contributed by atoms with Crippen molar-refractivity contribution >= 4 is 5.91 Å². The zero-order valence-corrected chi connectivity index (χ0v) is 9.81. The molecule has 4 nitrogen and oxygen atoms in total. The lowest BCUT2D eigenvalue weighted by Gasteiger charge is -2.10. The Morgan fingerprint density at radius 3 is 3.00 bits per heavy atom. The fraction of sp³-hybridized carbons (Fsp3) is 0.500. The van der Waals surface area contributed by atoms with Crippen molar-refractivity contribution in [1.82, 2.24) is 5.32 Å². The van der Waals surface area contributed by atoms with E-state index in [9.17, 15) is 9.90 Å². The van der Waals surface area contributed by atoms with Gasteiger partial charge < -0.3 is 10.4 Å². The molecular weight excluding hydrogens is 204 g/mol. The van der Waals surface area contributed by atoms with Gasteiger partial charge in [0.25, 0.3) is 5.91 Å². The van der Waals surface area contributed by atoms with Crippen molar-refractivity contribution in [2.45, 2.75) is 39.3 Å². The van der Waals surface area contributed by atoms with Crippen LogP contribution < -0.4 is 9.88 Å². The van der Waals surface area contributed by atoms with Crippen molar-refractivity contribution in [1.29, 1.82) is 0 Å². The Bertz CT molecular complexity index is 353. The average Bonchev–Trinajstić information content (AvgIpc) is 2.17. The Balaban J connectivity index is 2.45. The van der Waals surface area contributed by atoms with Gasteiger partial charge in [-0.05, 0) is 19.4 Å². The molecular formula is C12H19N2O2+. The molecule has 0 saturated carbocycles. The normalized spacial score (nSPS) is 12.1. The molecule has 88 valence electrons. The molecule has 4 heteroatoms. The third-order valence-corrected chi connectivity index (χ3v) is 2.30. The zero-order chi connectivity index (χ0) is 12.0. The number of pyridine rings is 1. The first-order chi connectivity index (χ1) is 7.61. The monoisotopic (exact) mass is 223 g/mol. The van der Waals surface area contributed by atoms with Crippen molar-refractivity contribution in [2.24, 2.45) is 0 Å². The highest BCUT2D eigenvalue weighted by atomic mass is 16.3. The van der Waals surface area contributed by atoms with E-state index in [1.54, 1.807) is 22.9 Å². The third-order valence-electron chi connectivity index (χ3n) is 2.30. The molecule has 0 radical (unpaired) electrons. The maximum atomic E-state index is 11.6. The molecule has 0 aromatic carbocycles. The van der Waals surface area contributed by atoms with Crippen LogP contribution in [0.5, 0.6) is 5.75 Å². The van der Waals surface area contributed by atoms with Gasteiger partial charge in [0.15, 0.2) is 11.9 Å². The number of aromatic hydroxyl groups is 1. The number of nitrogens with zero attached hydrogens (tertiary/aromatic N) is 1. The van der Waals surface area contributed by atoms with Crippen LogP contribution in [0.25, 0.3) is 0 Å². The molecule has 16 heavy (non-hydrogen) atoms. The predicted octanol–water partition coefficient (Wildman–Crippen LogP) is 0.984. The number of carbonyl (C=O) groups excluding carboxylic acids is 1. The molecule has 0 unspecified atom stereocenters. The van der Waals surface area contributed by atoms with Crippen molar-refractivity contribution in [3.63, 3.8) is 0 Å². The Morgan fingerprint density at radius 2 is 2.38 bits per heavy atom. The average molecular weight is 223 g/mol. The summed E-state index contributed by atoms with van der Waals surface area (Å²) in [6.07, 6.45) is 5.32. The highest BCUT2D eigenvalue weighted by Crippen LogP contribution is 2.00. The SMILES string of the molecule is CCC[C@H](C)NC(=O)C[n+]1cccc(O)c1. The van der Waals surface area contributed by atoms with Crippen LogP contribution in [0.2, 0.25) is 0 Å². The first-order valence-corrected chi connectivity index (χ1v) is 5.59. The Morgan fingerprint density at radius 1 is 1.62 bits per heavy atom. The topological polar surface area (TPSA) is 53.2 Å². The second-order valence-corrected chi connectivity index (χ2v) is 3.99. The minimum absolute atomic E-state index is 0.0310. The summed E-state index contributed by atoms with van der Waals surface area (Å²) in [5, 5.41) is 12.1. The lowest BCUT2D eigenvalue weighted by Crippen LogP contribution is -2.44. The molecule has 1 aromatic rings. The lowest BCUT2D eigenvalue weighted by molar-refractivity contribution is -0.684. The van der Waals surface area contributed by atoms with Crippen LogP contribution in [-0.4, -0.2) is 17.1 Å². The van der Waals surface area contributed by atoms with Crippen molar-refractivity contribution in [2.75, 3.05) is 0 Å². The lowest BCUT2D eigenvalue weighted by atomic mass is 10.2. The van der Waals surface area contributed by atoms with Gasteiger partial charge in [-0.2, -0.15) is 4.57 Å². The number of aromatic nitrogens is 1. The minimum atomic E-state index is -0.0310. The number of amides is 1. The maximum absolute atomic E-state index is 11.6. The summed E-state index contributed by atoms with van der Waals surface area (Å²) in [6.45, 7) is 4.32. The zero-order valence-electron chi connectivity index (χ0n) is 9.81. The van der Waals surface area contributed by atoms with Crippen molar-refractivity contribution < 1.29 is 14.5 Å². The van der Waals surface area contributed by atoms with E-state index in [1.807, 2.05) is 6.92 Å². The summed E-state index contributed by atoms with van der Waals surface area (Å²) >= 11 is 0. The predicted molar refractivity (Wildman–Crippen MR) is 60.8 cm³/mol. The van der Waals surface area contributed by atoms with Crippen LogP contribution in [0.3, 0.4) is 0 Å². The largest absolute Gasteiger partial charge is 0.503 e. The standard InChI is InChI=1S/C12H18N2O2/c1-3-5-10(2)13-12(16)9-14-7-4-6-11(15)8-14/h4,6-8,10H,3,5,9H2,1-2H3,(H-,13,15,16)/p+1/t10-/m0/s1. The van der Waals surface area contributed by atoms with Gasteiger partial charge in [0.05, 0.1) is 0 Å². The van der Waals surface area contributed by atoms with Crippen LogP contribution in [0.1, 0.15) is 26.7 Å². The van der Waals surface area contributed by atoms with E-state index in [4.69, 9.17) is 0 Å². The molecule has 1 rings (SSSR count). The first kappa shape index (κ1) is 12.5. The Labute approximate surface area is 95.9 Å². The summed E-state index contributed by atoms with van der Waals surface area (Å²) in [5.41, 5.74) is 0. The van der Waals surface area contributed by atoms with Crippen LogP contribution >= 0.6 is 0 Å². The molecule has 0 aliphatic carbocycles. The highest BCUT2D eigenvalue weighted by Gasteiger charge is 2.11. The van der Waals surface area contributed by atoms with E-state index in [0.717, 1.165) is 12.8 Å². The number of hydrogen-bond acceptors (Lipinski definition) is 2. The molecule has 0 aliphatic rings. The van der Waals surface area contributed by atoms with Gasteiger partial charge in [-0.15, -0.1) is 0 Å². The van der Waals surface area contributed by atoms with E-state index in [0.29, 0.717) is 0 Å². The van der Waals surface area contributed by atoms with Crippen molar-refractivity contribution in [3.8, 4) is 5.75 Å². The number of nitrogens with one attached hydrogen (secondary N) is 1. The molecule has 0 spiro atoms. The molecule has 1 amide bonds. The van der Waals surface area contributed by atoms with Crippen LogP contribution in [0.4, 0.5) is 0 Å². The van der Waals surface area contributed by atoms with E-state index in [2.05, 4.69) is 12.2 Å². The van der Waals surface area contributed by atoms with E-state index < -0.39 is 0 Å². The number of hydrogen-bond donors (Lipinski definition) is 2. The van der Waals surface area contributed by atoms with Crippen LogP contribution in [-0.2, 0) is 11.3 Å². The summed E-state index contributed by atoms with van der Waals surface area (Å²) < 4.78 is 1.66. The first-order valence-electron chi connectivity index (χ1n) is 5.59. The smallest absolute Gasteiger partial charge is 0.286 e. The van der Waals surface area contributed by atoms with Gasteiger partial charge >= 0.3 is 0 Å². The van der Waals surface area contributed by atoms with Gasteiger partial charge in [-0.25, -0.2) is 0 Å². The molecule has 2 N–H and O–H groups in total. The second kappa shape index (κ2) is 6.10. The molecule has 0 bridgehead atoms. The summed E-state index contributed by atoms with van der Waals surface area (Å²) in [4.78, 5) is 11.6. The number of carbonyl (C=O) groups is 1. The fourth-order valence-corrected chi connectivity index (χ4v) is 1.60. The summed E-state index contributed by atoms with van der Waals surface area (Å²) in [6, 6.07) is 3.49. The maximum Gasteiger partial charge on any atom is 0.286 e. The fourth-order valence-electron chi connectivity index (χ4n) is 1.60. The minimum Gasteiger partial charge on any atom is -0.503 e. The Hall–Kier alpha value is -1.58. The molecule has 0 fully saturated rings. The molecule has 1 atom stereocenters. The van der Waals surface area contributed by atoms with E-state index >= 15 is 0 Å². The van der Waals surface area contributed by atoms with E-state index in [1.165, 1.54) is 6.20 Å². The molecule has 0 saturated heterocycles. The number of rotatable bonds is 5. The van der Waals surface area contributed by atoms with Crippen LogP contribution in [0.15, 0.2) is 24.5 Å². The van der Waals surface area contributed by atoms with Gasteiger partial charge in [-0.3, -0.25) is 4.79 Å². The third kappa shape index (κ3) is 4.29. The summed E-state index contributed by atoms with van der Waals surface area (Å²) in [7, 11) is 0. The molecule has 1 heterocycles. The summed E-state index contributed by atoms with van der Waals surface area (Å²) in [5.74, 6) is 0.133. The van der Waals surface area contributed by atoms with Crippen LogP contribution in [0, 0.1) is 0 Å². The molecule has 0 aliphatic heterocycles. The van der Waals surface area contributed by atoms with E-state index in [-0.39, 0.29) is 24.2 Å². The van der Waals surface area contributed by atoms with Gasteiger partial charge in [0.1, 0.15) is 0 Å². The van der Waals surface area contributed by atoms with Gasteiger partial charge in [-0.1, -0.05) is 13.3 Å².